The van der Waals surface area contributed by atoms with Crippen molar-refractivity contribution < 1.29 is 23.7 Å². The zero-order chi connectivity index (χ0) is 22.5. The molecule has 7 nitrogen and oxygen atoms in total. The van der Waals surface area contributed by atoms with Crippen LogP contribution in [0.15, 0.2) is 36.4 Å². The molecule has 172 valence electrons. The standard InChI is InChI=1S/C25H32N2O5/c1-17(20-15-19(29-2)8-10-22(20)30-3)26-25(28)16-27-11-4-6-21(27)18-7-9-23-24(14-18)32-13-5-12-31-23/h7-10,14-15,17,21H,4-6,11-13,16H2,1-3H3,(H,26,28)/t17-,21+/m1/s1. The van der Waals surface area contributed by atoms with Crippen LogP contribution in [0.25, 0.3) is 0 Å². The molecule has 2 aromatic rings. The molecule has 2 aromatic carbocycles. The number of hydrogen-bond donors (Lipinski definition) is 1. The summed E-state index contributed by atoms with van der Waals surface area (Å²) in [6, 6.07) is 11.8. The predicted molar refractivity (Wildman–Crippen MR) is 122 cm³/mol. The van der Waals surface area contributed by atoms with Gasteiger partial charge in [-0.2, -0.15) is 0 Å². The van der Waals surface area contributed by atoms with Gasteiger partial charge < -0.3 is 24.3 Å². The summed E-state index contributed by atoms with van der Waals surface area (Å²) < 4.78 is 22.4. The highest BCUT2D eigenvalue weighted by atomic mass is 16.5. The van der Waals surface area contributed by atoms with E-state index in [1.165, 1.54) is 5.56 Å². The van der Waals surface area contributed by atoms with Crippen LogP contribution < -0.4 is 24.3 Å². The maximum atomic E-state index is 12.9. The van der Waals surface area contributed by atoms with E-state index < -0.39 is 0 Å². The lowest BCUT2D eigenvalue weighted by molar-refractivity contribution is -0.123. The summed E-state index contributed by atoms with van der Waals surface area (Å²) in [5, 5.41) is 3.12. The van der Waals surface area contributed by atoms with Crippen LogP contribution in [0.2, 0.25) is 0 Å². The molecule has 0 unspecified atom stereocenters. The van der Waals surface area contributed by atoms with Crippen LogP contribution in [0.4, 0.5) is 0 Å². The average molecular weight is 441 g/mol. The first-order valence-corrected chi connectivity index (χ1v) is 11.2. The third-order valence-electron chi connectivity index (χ3n) is 6.15. The Morgan fingerprint density at radius 1 is 1.09 bits per heavy atom. The van der Waals surface area contributed by atoms with E-state index >= 15 is 0 Å². The Bertz CT molecular complexity index is 948. The van der Waals surface area contributed by atoms with Crippen LogP contribution in [-0.4, -0.2) is 51.3 Å². The molecule has 1 saturated heterocycles. The highest BCUT2D eigenvalue weighted by Crippen LogP contribution is 2.38. The van der Waals surface area contributed by atoms with E-state index in [2.05, 4.69) is 22.3 Å². The molecule has 0 spiro atoms. The number of hydrogen-bond acceptors (Lipinski definition) is 6. The summed E-state index contributed by atoms with van der Waals surface area (Å²) in [5.41, 5.74) is 2.06. The van der Waals surface area contributed by atoms with Crippen molar-refractivity contribution in [3.63, 3.8) is 0 Å². The zero-order valence-electron chi connectivity index (χ0n) is 19.1. The van der Waals surface area contributed by atoms with Crippen molar-refractivity contribution in [3.05, 3.63) is 47.5 Å². The molecule has 4 rings (SSSR count). The van der Waals surface area contributed by atoms with E-state index in [4.69, 9.17) is 18.9 Å². The second-order valence-electron chi connectivity index (χ2n) is 8.28. The topological polar surface area (TPSA) is 69.3 Å². The molecule has 1 N–H and O–H groups in total. The van der Waals surface area contributed by atoms with Gasteiger partial charge in [0.15, 0.2) is 11.5 Å². The van der Waals surface area contributed by atoms with Crippen LogP contribution >= 0.6 is 0 Å². The van der Waals surface area contributed by atoms with Gasteiger partial charge in [-0.1, -0.05) is 6.07 Å². The van der Waals surface area contributed by atoms with Gasteiger partial charge in [-0.3, -0.25) is 9.69 Å². The fraction of sp³-hybridized carbons (Fsp3) is 0.480. The zero-order valence-corrected chi connectivity index (χ0v) is 19.1. The Balaban J connectivity index is 1.42. The Morgan fingerprint density at radius 3 is 2.69 bits per heavy atom. The number of benzene rings is 2. The molecule has 2 aliphatic heterocycles. The lowest BCUT2D eigenvalue weighted by Gasteiger charge is -2.26. The second-order valence-corrected chi connectivity index (χ2v) is 8.28. The lowest BCUT2D eigenvalue weighted by Crippen LogP contribution is -2.38. The molecule has 0 bridgehead atoms. The Labute approximate surface area is 189 Å². The van der Waals surface area contributed by atoms with Crippen molar-refractivity contribution in [1.82, 2.24) is 10.2 Å². The summed E-state index contributed by atoms with van der Waals surface area (Å²) in [6.45, 7) is 4.54. The number of methoxy groups -OCH3 is 2. The molecule has 0 radical (unpaired) electrons. The van der Waals surface area contributed by atoms with Gasteiger partial charge >= 0.3 is 0 Å². The fourth-order valence-electron chi connectivity index (χ4n) is 4.51. The van der Waals surface area contributed by atoms with E-state index in [-0.39, 0.29) is 18.0 Å². The lowest BCUT2D eigenvalue weighted by atomic mass is 10.0. The van der Waals surface area contributed by atoms with Gasteiger partial charge in [0.1, 0.15) is 11.5 Å². The first kappa shape index (κ1) is 22.3. The molecule has 1 fully saturated rings. The van der Waals surface area contributed by atoms with Crippen LogP contribution in [-0.2, 0) is 4.79 Å². The number of amides is 1. The van der Waals surface area contributed by atoms with Gasteiger partial charge in [0.25, 0.3) is 0 Å². The van der Waals surface area contributed by atoms with E-state index in [9.17, 15) is 4.79 Å². The fourth-order valence-corrected chi connectivity index (χ4v) is 4.51. The number of likely N-dealkylation sites (tertiary alicyclic amines) is 1. The highest BCUT2D eigenvalue weighted by molar-refractivity contribution is 5.78. The number of carbonyl (C=O) groups excluding carboxylic acids is 1. The molecule has 32 heavy (non-hydrogen) atoms. The van der Waals surface area contributed by atoms with Gasteiger partial charge in [-0.05, 0) is 62.2 Å². The minimum absolute atomic E-state index is 0.0105. The average Bonchev–Trinajstić information content (AvgIpc) is 3.13. The molecule has 2 atom stereocenters. The second kappa shape index (κ2) is 10.1. The molecule has 2 heterocycles. The number of rotatable bonds is 7. The third-order valence-corrected chi connectivity index (χ3v) is 6.15. The van der Waals surface area contributed by atoms with Crippen molar-refractivity contribution >= 4 is 5.91 Å². The van der Waals surface area contributed by atoms with E-state index in [1.54, 1.807) is 14.2 Å². The van der Waals surface area contributed by atoms with Crippen molar-refractivity contribution in [2.75, 3.05) is 40.5 Å². The minimum Gasteiger partial charge on any atom is -0.497 e. The van der Waals surface area contributed by atoms with Crippen molar-refractivity contribution in [2.24, 2.45) is 0 Å². The summed E-state index contributed by atoms with van der Waals surface area (Å²) in [6.07, 6.45) is 2.97. The van der Waals surface area contributed by atoms with Gasteiger partial charge in [-0.15, -0.1) is 0 Å². The predicted octanol–water partition coefficient (Wildman–Crippen LogP) is 3.88. The number of nitrogens with zero attached hydrogens (tertiary/aromatic N) is 1. The van der Waals surface area contributed by atoms with E-state index in [0.717, 1.165) is 54.4 Å². The van der Waals surface area contributed by atoms with Gasteiger partial charge in [0.05, 0.1) is 40.0 Å². The first-order chi connectivity index (χ1) is 15.6. The number of fused-ring (bicyclic) bond motifs is 1. The summed E-state index contributed by atoms with van der Waals surface area (Å²) in [5.74, 6) is 3.05. The Kier molecular flexibility index (Phi) is 7.05. The Hall–Kier alpha value is -2.93. The van der Waals surface area contributed by atoms with Crippen LogP contribution in [0.5, 0.6) is 23.0 Å². The molecule has 0 aliphatic carbocycles. The summed E-state index contributed by atoms with van der Waals surface area (Å²) in [7, 11) is 3.26. The number of ether oxygens (including phenoxy) is 4. The number of nitrogens with one attached hydrogen (secondary N) is 1. The van der Waals surface area contributed by atoms with Gasteiger partial charge in [-0.25, -0.2) is 0 Å². The van der Waals surface area contributed by atoms with E-state index in [0.29, 0.717) is 19.8 Å². The van der Waals surface area contributed by atoms with Crippen LogP contribution in [0.3, 0.4) is 0 Å². The van der Waals surface area contributed by atoms with Crippen LogP contribution in [0.1, 0.15) is 49.4 Å². The first-order valence-electron chi connectivity index (χ1n) is 11.2. The smallest absolute Gasteiger partial charge is 0.234 e. The van der Waals surface area contributed by atoms with Gasteiger partial charge in [0.2, 0.25) is 5.91 Å². The van der Waals surface area contributed by atoms with Crippen LogP contribution in [0, 0.1) is 0 Å². The Morgan fingerprint density at radius 2 is 1.91 bits per heavy atom. The number of carbonyl (C=O) groups is 1. The summed E-state index contributed by atoms with van der Waals surface area (Å²) in [4.78, 5) is 15.2. The van der Waals surface area contributed by atoms with Crippen molar-refractivity contribution in [3.8, 4) is 23.0 Å². The maximum absolute atomic E-state index is 12.9. The normalized spacial score (nSPS) is 19.2. The third kappa shape index (κ3) is 4.93. The quantitative estimate of drug-likeness (QED) is 0.705. The molecular weight excluding hydrogens is 408 g/mol. The van der Waals surface area contributed by atoms with Crippen molar-refractivity contribution in [1.29, 1.82) is 0 Å². The highest BCUT2D eigenvalue weighted by Gasteiger charge is 2.29. The molecule has 7 heteroatoms. The van der Waals surface area contributed by atoms with Gasteiger partial charge in [0, 0.05) is 18.0 Å². The molecular formula is C25H32N2O5. The minimum atomic E-state index is -0.202. The maximum Gasteiger partial charge on any atom is 0.234 e. The SMILES string of the molecule is COc1ccc(OC)c([C@@H](C)NC(=O)CN2CCC[C@H]2c2ccc3c(c2)OCCCO3)c1. The van der Waals surface area contributed by atoms with E-state index in [1.807, 2.05) is 31.2 Å². The molecule has 0 saturated carbocycles. The molecule has 2 aliphatic rings. The van der Waals surface area contributed by atoms with Crippen molar-refractivity contribution in [2.45, 2.75) is 38.3 Å². The molecule has 0 aromatic heterocycles. The summed E-state index contributed by atoms with van der Waals surface area (Å²) >= 11 is 0. The molecule has 1 amide bonds. The largest absolute Gasteiger partial charge is 0.497 e. The monoisotopic (exact) mass is 440 g/mol.